The lowest BCUT2D eigenvalue weighted by atomic mass is 9.75. The largest absolute Gasteiger partial charge is 0.480 e. The molecule has 0 bridgehead atoms. The Morgan fingerprint density at radius 2 is 2.00 bits per heavy atom. The average molecular weight is 344 g/mol. The summed E-state index contributed by atoms with van der Waals surface area (Å²) in [5, 5.41) is 27.4. The normalized spacial score (nSPS) is 25.4. The fraction of sp³-hybridized carbons (Fsp3) is 0.857. The van der Waals surface area contributed by atoms with Crippen molar-refractivity contribution in [1.29, 1.82) is 0 Å². The molecule has 0 aromatic heterocycles. The average Bonchev–Trinajstić information content (AvgIpc) is 2.51. The van der Waals surface area contributed by atoms with E-state index in [1.807, 2.05) is 0 Å². The van der Waals surface area contributed by atoms with Gasteiger partial charge in [0, 0.05) is 13.1 Å². The maximum absolute atomic E-state index is 12.5. The predicted octanol–water partition coefficient (Wildman–Crippen LogP) is -2.06. The molecule has 0 saturated carbocycles. The summed E-state index contributed by atoms with van der Waals surface area (Å²) in [6, 6.07) is -0.711. The summed E-state index contributed by atoms with van der Waals surface area (Å²) >= 11 is 0. The van der Waals surface area contributed by atoms with E-state index in [9.17, 15) is 14.7 Å². The SMILES string of the molecule is NCCCCC(N)C(=O)N1C[C@@H](CCB(O)O)C[C@](N)(C(=O)O)C1. The van der Waals surface area contributed by atoms with E-state index in [1.165, 1.54) is 4.90 Å². The summed E-state index contributed by atoms with van der Waals surface area (Å²) in [5.41, 5.74) is 15.8. The van der Waals surface area contributed by atoms with Crippen molar-refractivity contribution in [1.82, 2.24) is 4.90 Å². The van der Waals surface area contributed by atoms with Gasteiger partial charge in [-0.25, -0.2) is 0 Å². The molecule has 0 spiro atoms. The van der Waals surface area contributed by atoms with Gasteiger partial charge < -0.3 is 37.3 Å². The van der Waals surface area contributed by atoms with Crippen LogP contribution in [0.1, 0.15) is 32.1 Å². The summed E-state index contributed by atoms with van der Waals surface area (Å²) in [5.74, 6) is -1.72. The van der Waals surface area contributed by atoms with Gasteiger partial charge in [0.15, 0.2) is 0 Å². The topological polar surface area (TPSA) is 176 Å². The van der Waals surface area contributed by atoms with Crippen LogP contribution in [0, 0.1) is 5.92 Å². The molecule has 0 aromatic carbocycles. The van der Waals surface area contributed by atoms with E-state index in [2.05, 4.69) is 0 Å². The zero-order valence-corrected chi connectivity index (χ0v) is 13.9. The number of amides is 1. The Morgan fingerprint density at radius 1 is 1.33 bits per heavy atom. The molecule has 1 rings (SSSR count). The highest BCUT2D eigenvalue weighted by molar-refractivity contribution is 6.40. The molecular formula is C14H29BN4O5. The monoisotopic (exact) mass is 344 g/mol. The molecule has 24 heavy (non-hydrogen) atoms. The van der Waals surface area contributed by atoms with E-state index in [-0.39, 0.29) is 31.1 Å². The minimum absolute atomic E-state index is 0.0933. The standard InChI is InChI=1S/C14H29BN4O5/c16-6-2-1-3-11(17)12(20)19-8-10(4-5-15(23)24)7-14(18,9-19)13(21)22/h10-11,23-24H,1-9,16-18H2,(H,21,22)/t10-,11?,14+/m0/s1. The third-order valence-corrected chi connectivity index (χ3v) is 4.46. The Labute approximate surface area is 142 Å². The van der Waals surface area contributed by atoms with Gasteiger partial charge in [0.2, 0.25) is 5.91 Å². The Bertz CT molecular complexity index is 439. The number of piperidine rings is 1. The van der Waals surface area contributed by atoms with Gasteiger partial charge in [-0.1, -0.05) is 12.8 Å². The van der Waals surface area contributed by atoms with E-state index in [0.717, 1.165) is 12.8 Å². The summed E-state index contributed by atoms with van der Waals surface area (Å²) in [6.45, 7) is 0.757. The molecule has 9 N–H and O–H groups in total. The van der Waals surface area contributed by atoms with Crippen molar-refractivity contribution in [2.75, 3.05) is 19.6 Å². The maximum Gasteiger partial charge on any atom is 0.451 e. The van der Waals surface area contributed by atoms with E-state index < -0.39 is 24.7 Å². The zero-order chi connectivity index (χ0) is 18.3. The number of likely N-dealkylation sites (tertiary alicyclic amines) is 1. The van der Waals surface area contributed by atoms with Gasteiger partial charge in [0.05, 0.1) is 6.04 Å². The van der Waals surface area contributed by atoms with Crippen molar-refractivity contribution in [2.24, 2.45) is 23.1 Å². The summed E-state index contributed by atoms with van der Waals surface area (Å²) in [4.78, 5) is 25.4. The number of hydrogen-bond acceptors (Lipinski definition) is 7. The first kappa shape index (κ1) is 20.8. The number of nitrogens with two attached hydrogens (primary N) is 3. The highest BCUT2D eigenvalue weighted by Gasteiger charge is 2.44. The van der Waals surface area contributed by atoms with Crippen molar-refractivity contribution in [3.05, 3.63) is 0 Å². The van der Waals surface area contributed by atoms with Crippen LogP contribution in [0.5, 0.6) is 0 Å². The van der Waals surface area contributed by atoms with Crippen LogP contribution in [0.4, 0.5) is 0 Å². The van der Waals surface area contributed by atoms with Crippen molar-refractivity contribution in [3.8, 4) is 0 Å². The van der Waals surface area contributed by atoms with Crippen molar-refractivity contribution < 1.29 is 24.7 Å². The molecule has 0 radical (unpaired) electrons. The van der Waals surface area contributed by atoms with Gasteiger partial charge in [-0.2, -0.15) is 0 Å². The van der Waals surface area contributed by atoms with Crippen molar-refractivity contribution in [3.63, 3.8) is 0 Å². The molecule has 0 aromatic rings. The molecular weight excluding hydrogens is 315 g/mol. The summed E-state index contributed by atoms with van der Waals surface area (Å²) in [6.07, 6.45) is 2.64. The molecule has 1 amide bonds. The third-order valence-electron chi connectivity index (χ3n) is 4.46. The fourth-order valence-corrected chi connectivity index (χ4v) is 3.13. The van der Waals surface area contributed by atoms with Gasteiger partial charge in [-0.05, 0) is 38.0 Å². The lowest BCUT2D eigenvalue weighted by Crippen LogP contribution is -2.64. The molecule has 1 aliphatic heterocycles. The number of aliphatic carboxylic acids is 1. The molecule has 10 heteroatoms. The van der Waals surface area contributed by atoms with Crippen LogP contribution in [0.25, 0.3) is 0 Å². The zero-order valence-electron chi connectivity index (χ0n) is 13.9. The van der Waals surface area contributed by atoms with Crippen LogP contribution >= 0.6 is 0 Å². The van der Waals surface area contributed by atoms with E-state index in [0.29, 0.717) is 25.9 Å². The number of rotatable bonds is 9. The minimum atomic E-state index is -1.55. The quantitative estimate of drug-likeness (QED) is 0.204. The Balaban J connectivity index is 2.76. The van der Waals surface area contributed by atoms with Gasteiger partial charge in [-0.15, -0.1) is 0 Å². The van der Waals surface area contributed by atoms with E-state index in [1.54, 1.807) is 0 Å². The number of carbonyl (C=O) groups excluding carboxylic acids is 1. The third kappa shape index (κ3) is 6.02. The minimum Gasteiger partial charge on any atom is -0.480 e. The number of carboxylic acids is 1. The first-order valence-corrected chi connectivity index (χ1v) is 8.32. The molecule has 1 unspecified atom stereocenters. The van der Waals surface area contributed by atoms with Crippen molar-refractivity contribution in [2.45, 2.75) is 50.0 Å². The van der Waals surface area contributed by atoms with E-state index >= 15 is 0 Å². The molecule has 1 heterocycles. The van der Waals surface area contributed by atoms with Crippen molar-refractivity contribution >= 4 is 19.0 Å². The highest BCUT2D eigenvalue weighted by atomic mass is 16.4. The number of unbranched alkanes of at least 4 members (excludes halogenated alkanes) is 1. The Morgan fingerprint density at radius 3 is 2.54 bits per heavy atom. The van der Waals surface area contributed by atoms with Crippen LogP contribution in [-0.4, -0.2) is 70.3 Å². The van der Waals surface area contributed by atoms with Crippen LogP contribution < -0.4 is 17.2 Å². The summed E-state index contributed by atoms with van der Waals surface area (Å²) in [7, 11) is -1.47. The maximum atomic E-state index is 12.5. The summed E-state index contributed by atoms with van der Waals surface area (Å²) < 4.78 is 0. The number of carboxylic acid groups (broad SMARTS) is 1. The van der Waals surface area contributed by atoms with E-state index in [4.69, 9.17) is 27.2 Å². The highest BCUT2D eigenvalue weighted by Crippen LogP contribution is 2.28. The molecule has 138 valence electrons. The first-order chi connectivity index (χ1) is 11.2. The predicted molar refractivity (Wildman–Crippen MR) is 89.7 cm³/mol. The number of hydrogen-bond donors (Lipinski definition) is 6. The Kier molecular flexibility index (Phi) is 8.11. The fourth-order valence-electron chi connectivity index (χ4n) is 3.13. The van der Waals surface area contributed by atoms with Crippen LogP contribution in [0.3, 0.4) is 0 Å². The number of carbonyl (C=O) groups is 2. The van der Waals surface area contributed by atoms with Gasteiger partial charge in [0.25, 0.3) is 0 Å². The van der Waals surface area contributed by atoms with Gasteiger partial charge >= 0.3 is 13.1 Å². The number of nitrogens with zero attached hydrogens (tertiary/aromatic N) is 1. The van der Waals surface area contributed by atoms with Gasteiger partial charge in [-0.3, -0.25) is 9.59 Å². The van der Waals surface area contributed by atoms with Gasteiger partial charge in [0.1, 0.15) is 5.54 Å². The lowest BCUT2D eigenvalue weighted by molar-refractivity contribution is -0.149. The second kappa shape index (κ2) is 9.33. The smallest absolute Gasteiger partial charge is 0.451 e. The Hall–Kier alpha value is -1.20. The molecule has 1 aliphatic rings. The van der Waals surface area contributed by atoms with Crippen LogP contribution in [0.15, 0.2) is 0 Å². The molecule has 1 saturated heterocycles. The lowest BCUT2D eigenvalue weighted by Gasteiger charge is -2.42. The molecule has 9 nitrogen and oxygen atoms in total. The first-order valence-electron chi connectivity index (χ1n) is 8.32. The van der Waals surface area contributed by atoms with Crippen LogP contribution in [-0.2, 0) is 9.59 Å². The molecule has 0 aliphatic carbocycles. The molecule has 3 atom stereocenters. The van der Waals surface area contributed by atoms with Crippen LogP contribution in [0.2, 0.25) is 6.32 Å². The second-order valence-electron chi connectivity index (χ2n) is 6.70. The second-order valence-corrected chi connectivity index (χ2v) is 6.70. The molecule has 1 fully saturated rings.